The number of carbonyl (C=O) groups excluding carboxylic acids is 1. The standard InChI is InChI=1S/C26H20N4OS/c1-18-9-8-12-21(15-18)27-26-28-25(31)23(32-26)16-20-17-30(22-13-6-3-7-14-22)29-24(20)19-10-4-2-5-11-19/h2-17H,1H3,(H,27,28,31). The minimum atomic E-state index is -0.159. The average molecular weight is 437 g/mol. The average Bonchev–Trinajstić information content (AvgIpc) is 3.38. The van der Waals surface area contributed by atoms with Crippen LogP contribution < -0.4 is 5.32 Å². The zero-order chi connectivity index (χ0) is 21.9. The van der Waals surface area contributed by atoms with Gasteiger partial charge in [0.2, 0.25) is 0 Å². The predicted molar refractivity (Wildman–Crippen MR) is 131 cm³/mol. The highest BCUT2D eigenvalue weighted by Crippen LogP contribution is 2.31. The van der Waals surface area contributed by atoms with Gasteiger partial charge in [0.25, 0.3) is 5.91 Å². The number of thioether (sulfide) groups is 1. The molecule has 4 aromatic rings. The molecule has 0 bridgehead atoms. The Kier molecular flexibility index (Phi) is 5.44. The van der Waals surface area contributed by atoms with Gasteiger partial charge in [-0.3, -0.25) is 4.79 Å². The highest BCUT2D eigenvalue weighted by Gasteiger charge is 2.25. The number of carbonyl (C=O) groups is 1. The van der Waals surface area contributed by atoms with E-state index >= 15 is 0 Å². The van der Waals surface area contributed by atoms with Crippen LogP contribution in [0.4, 0.5) is 5.69 Å². The summed E-state index contributed by atoms with van der Waals surface area (Å²) >= 11 is 1.34. The number of hydrogen-bond acceptors (Lipinski definition) is 4. The Bertz CT molecular complexity index is 1340. The van der Waals surface area contributed by atoms with Gasteiger partial charge in [0.1, 0.15) is 0 Å². The number of benzene rings is 3. The van der Waals surface area contributed by atoms with E-state index in [1.54, 1.807) is 0 Å². The smallest absolute Gasteiger partial charge is 0.264 e. The molecule has 0 radical (unpaired) electrons. The Hall–Kier alpha value is -3.90. The number of aliphatic imine (C=N–C) groups is 1. The third-order valence-corrected chi connectivity index (χ3v) is 5.89. The SMILES string of the molecule is Cc1cccc(N=C2NC(=O)C(=Cc3cn(-c4ccccc4)nc3-c3ccccc3)S2)c1. The molecular weight excluding hydrogens is 416 g/mol. The number of hydrogen-bond donors (Lipinski definition) is 1. The highest BCUT2D eigenvalue weighted by molar-refractivity contribution is 8.18. The zero-order valence-electron chi connectivity index (χ0n) is 17.4. The quantitative estimate of drug-likeness (QED) is 0.415. The van der Waals surface area contributed by atoms with E-state index in [0.29, 0.717) is 10.1 Å². The topological polar surface area (TPSA) is 59.3 Å². The maximum Gasteiger partial charge on any atom is 0.264 e. The van der Waals surface area contributed by atoms with E-state index in [1.165, 1.54) is 11.8 Å². The van der Waals surface area contributed by atoms with Crippen molar-refractivity contribution in [1.82, 2.24) is 15.1 Å². The number of amidine groups is 1. The van der Waals surface area contributed by atoms with E-state index in [1.807, 2.05) is 109 Å². The van der Waals surface area contributed by atoms with Gasteiger partial charge in [0.05, 0.1) is 22.0 Å². The summed E-state index contributed by atoms with van der Waals surface area (Å²) in [6.07, 6.45) is 3.84. The molecule has 5 nitrogen and oxygen atoms in total. The summed E-state index contributed by atoms with van der Waals surface area (Å²) in [4.78, 5) is 17.8. The van der Waals surface area contributed by atoms with Gasteiger partial charge >= 0.3 is 0 Å². The summed E-state index contributed by atoms with van der Waals surface area (Å²) in [7, 11) is 0. The predicted octanol–water partition coefficient (Wildman–Crippen LogP) is 5.74. The maximum absolute atomic E-state index is 12.7. The van der Waals surface area contributed by atoms with Crippen molar-refractivity contribution in [2.24, 2.45) is 4.99 Å². The molecule has 1 saturated heterocycles. The molecule has 32 heavy (non-hydrogen) atoms. The first-order valence-electron chi connectivity index (χ1n) is 10.2. The fraction of sp³-hybridized carbons (Fsp3) is 0.0385. The summed E-state index contributed by atoms with van der Waals surface area (Å²) in [5.74, 6) is -0.159. The van der Waals surface area contributed by atoms with Gasteiger partial charge in [-0.05, 0) is 54.6 Å². The second kappa shape index (κ2) is 8.69. The molecule has 1 amide bonds. The second-order valence-electron chi connectivity index (χ2n) is 7.40. The highest BCUT2D eigenvalue weighted by atomic mass is 32.2. The van der Waals surface area contributed by atoms with Crippen molar-refractivity contribution in [3.63, 3.8) is 0 Å². The lowest BCUT2D eigenvalue weighted by Gasteiger charge is -2.00. The number of aromatic nitrogens is 2. The van der Waals surface area contributed by atoms with Crippen LogP contribution in [0.15, 0.2) is 101 Å². The molecular formula is C26H20N4OS. The first-order chi connectivity index (χ1) is 15.7. The monoisotopic (exact) mass is 436 g/mol. The molecule has 1 aliphatic rings. The van der Waals surface area contributed by atoms with Gasteiger partial charge in [-0.1, -0.05) is 60.7 Å². The van der Waals surface area contributed by atoms with Crippen molar-refractivity contribution >= 4 is 34.6 Å². The molecule has 0 aliphatic carbocycles. The van der Waals surface area contributed by atoms with Crippen LogP contribution in [0.1, 0.15) is 11.1 Å². The number of aryl methyl sites for hydroxylation is 1. The first-order valence-corrected chi connectivity index (χ1v) is 11.0. The molecule has 1 aliphatic heterocycles. The Morgan fingerprint density at radius 3 is 2.47 bits per heavy atom. The second-order valence-corrected chi connectivity index (χ2v) is 8.43. The van der Waals surface area contributed by atoms with Gasteiger partial charge in [0, 0.05) is 17.3 Å². The van der Waals surface area contributed by atoms with Crippen LogP contribution in [-0.2, 0) is 4.79 Å². The number of nitrogens with one attached hydrogen (secondary N) is 1. The van der Waals surface area contributed by atoms with Crippen LogP contribution >= 0.6 is 11.8 Å². The normalized spacial score (nSPS) is 16.0. The van der Waals surface area contributed by atoms with E-state index in [2.05, 4.69) is 10.3 Å². The lowest BCUT2D eigenvalue weighted by Crippen LogP contribution is -2.19. The Labute approximate surface area is 190 Å². The van der Waals surface area contributed by atoms with Crippen LogP contribution in [0.25, 0.3) is 23.0 Å². The number of nitrogens with zero attached hydrogens (tertiary/aromatic N) is 3. The zero-order valence-corrected chi connectivity index (χ0v) is 18.2. The molecule has 0 atom stereocenters. The van der Waals surface area contributed by atoms with Gasteiger partial charge in [0.15, 0.2) is 5.17 Å². The molecule has 1 aromatic heterocycles. The molecule has 1 fully saturated rings. The van der Waals surface area contributed by atoms with Gasteiger partial charge in [-0.2, -0.15) is 5.10 Å². The molecule has 3 aromatic carbocycles. The van der Waals surface area contributed by atoms with E-state index in [9.17, 15) is 4.79 Å². The van der Waals surface area contributed by atoms with Gasteiger partial charge in [-0.15, -0.1) is 0 Å². The third kappa shape index (κ3) is 4.26. The Morgan fingerprint density at radius 1 is 0.969 bits per heavy atom. The van der Waals surface area contributed by atoms with Gasteiger partial charge < -0.3 is 5.32 Å². The number of rotatable bonds is 4. The maximum atomic E-state index is 12.7. The molecule has 2 heterocycles. The van der Waals surface area contributed by atoms with Crippen LogP contribution in [0.3, 0.4) is 0 Å². The van der Waals surface area contributed by atoms with E-state index in [4.69, 9.17) is 5.10 Å². The fourth-order valence-corrected chi connectivity index (χ4v) is 4.30. The summed E-state index contributed by atoms with van der Waals surface area (Å²) < 4.78 is 1.84. The molecule has 156 valence electrons. The van der Waals surface area contributed by atoms with E-state index in [0.717, 1.165) is 33.8 Å². The summed E-state index contributed by atoms with van der Waals surface area (Å²) in [5.41, 5.74) is 5.58. The van der Waals surface area contributed by atoms with Crippen LogP contribution in [-0.4, -0.2) is 20.9 Å². The van der Waals surface area contributed by atoms with E-state index < -0.39 is 0 Å². The number of para-hydroxylation sites is 1. The Balaban J connectivity index is 1.52. The molecule has 0 saturated carbocycles. The van der Waals surface area contributed by atoms with Crippen molar-refractivity contribution in [2.75, 3.05) is 0 Å². The number of amides is 1. The van der Waals surface area contributed by atoms with Crippen molar-refractivity contribution in [1.29, 1.82) is 0 Å². The van der Waals surface area contributed by atoms with Crippen molar-refractivity contribution in [3.05, 3.63) is 107 Å². The van der Waals surface area contributed by atoms with E-state index in [-0.39, 0.29) is 5.91 Å². The van der Waals surface area contributed by atoms with Crippen molar-refractivity contribution in [2.45, 2.75) is 6.92 Å². The minimum absolute atomic E-state index is 0.159. The summed E-state index contributed by atoms with van der Waals surface area (Å²) in [6, 6.07) is 27.8. The third-order valence-electron chi connectivity index (χ3n) is 4.98. The molecule has 1 N–H and O–H groups in total. The summed E-state index contributed by atoms with van der Waals surface area (Å²) in [5, 5.41) is 8.26. The first kappa shape index (κ1) is 20.0. The molecule has 5 rings (SSSR count). The summed E-state index contributed by atoms with van der Waals surface area (Å²) in [6.45, 7) is 2.02. The molecule has 0 spiro atoms. The van der Waals surface area contributed by atoms with Crippen molar-refractivity contribution in [3.8, 4) is 16.9 Å². The van der Waals surface area contributed by atoms with Crippen LogP contribution in [0, 0.1) is 6.92 Å². The minimum Gasteiger partial charge on any atom is -0.300 e. The molecule has 6 heteroatoms. The lowest BCUT2D eigenvalue weighted by atomic mass is 10.1. The largest absolute Gasteiger partial charge is 0.300 e. The lowest BCUT2D eigenvalue weighted by molar-refractivity contribution is -0.115. The fourth-order valence-electron chi connectivity index (χ4n) is 3.46. The van der Waals surface area contributed by atoms with Crippen LogP contribution in [0.5, 0.6) is 0 Å². The van der Waals surface area contributed by atoms with Crippen LogP contribution in [0.2, 0.25) is 0 Å². The van der Waals surface area contributed by atoms with Crippen molar-refractivity contribution < 1.29 is 4.79 Å². The Morgan fingerprint density at radius 2 is 1.72 bits per heavy atom. The van der Waals surface area contributed by atoms with Gasteiger partial charge in [-0.25, -0.2) is 9.67 Å². The molecule has 0 unspecified atom stereocenters.